The average molecular weight is 530 g/mol. The molecular formula is C27H39N3O6Si. The molecule has 2 aromatic carbocycles. The lowest BCUT2D eigenvalue weighted by Gasteiger charge is -2.34. The summed E-state index contributed by atoms with van der Waals surface area (Å²) in [4.78, 5) is 27.7. The fourth-order valence-electron chi connectivity index (χ4n) is 3.96. The normalized spacial score (nSPS) is 14.3. The van der Waals surface area contributed by atoms with Crippen LogP contribution < -0.4 is 9.47 Å². The van der Waals surface area contributed by atoms with E-state index in [0.29, 0.717) is 26.3 Å². The Bertz CT molecular complexity index is 1010. The smallest absolute Gasteiger partial charge is 0.409 e. The Hall–Kier alpha value is -3.11. The zero-order valence-electron chi connectivity index (χ0n) is 22.2. The average Bonchev–Trinajstić information content (AvgIpc) is 2.87. The summed E-state index contributed by atoms with van der Waals surface area (Å²) in [6, 6.07) is 15.4. The lowest BCUT2D eigenvalue weighted by molar-refractivity contribution is -0.387. The molecule has 0 unspecified atom stereocenters. The third-order valence-electron chi connectivity index (χ3n) is 6.22. The minimum absolute atomic E-state index is 0.147. The van der Waals surface area contributed by atoms with Crippen molar-refractivity contribution in [3.05, 3.63) is 64.2 Å². The maximum absolute atomic E-state index is 12.3. The van der Waals surface area contributed by atoms with E-state index in [1.807, 2.05) is 30.3 Å². The number of nitro benzene ring substituents is 1. The van der Waals surface area contributed by atoms with Crippen LogP contribution in [0.3, 0.4) is 0 Å². The van der Waals surface area contributed by atoms with Gasteiger partial charge in [0.25, 0.3) is 0 Å². The molecule has 1 aliphatic heterocycles. The molecule has 1 saturated heterocycles. The second-order valence-corrected chi connectivity index (χ2v) is 16.1. The van der Waals surface area contributed by atoms with Crippen LogP contribution in [0.1, 0.15) is 18.4 Å². The quantitative estimate of drug-likeness (QED) is 0.148. The highest BCUT2D eigenvalue weighted by Gasteiger charge is 2.24. The molecule has 1 amide bonds. The fourth-order valence-corrected chi connectivity index (χ4v) is 4.67. The van der Waals surface area contributed by atoms with Crippen LogP contribution in [0.2, 0.25) is 25.7 Å². The monoisotopic (exact) mass is 529 g/mol. The molecular weight excluding hydrogens is 490 g/mol. The molecule has 0 saturated carbocycles. The topological polar surface area (TPSA) is 94.4 Å². The predicted molar refractivity (Wildman–Crippen MR) is 146 cm³/mol. The molecule has 0 spiro atoms. The van der Waals surface area contributed by atoms with Gasteiger partial charge in [0.05, 0.1) is 18.1 Å². The maximum atomic E-state index is 12.3. The van der Waals surface area contributed by atoms with Crippen molar-refractivity contribution >= 4 is 19.9 Å². The first-order valence-corrected chi connectivity index (χ1v) is 16.6. The Morgan fingerprint density at radius 2 is 1.59 bits per heavy atom. The zero-order valence-corrected chi connectivity index (χ0v) is 23.2. The second-order valence-electron chi connectivity index (χ2n) is 10.4. The maximum Gasteiger partial charge on any atom is 0.409 e. The Balaban J connectivity index is 1.37. The molecule has 1 fully saturated rings. The lowest BCUT2D eigenvalue weighted by Crippen LogP contribution is -2.49. The van der Waals surface area contributed by atoms with Crippen molar-refractivity contribution in [3.63, 3.8) is 0 Å². The highest BCUT2D eigenvalue weighted by atomic mass is 28.3. The van der Waals surface area contributed by atoms with Gasteiger partial charge in [-0.25, -0.2) is 4.79 Å². The van der Waals surface area contributed by atoms with Gasteiger partial charge in [-0.3, -0.25) is 15.0 Å². The number of unbranched alkanes of at least 4 members (excludes halogenated alkanes) is 1. The number of piperazine rings is 1. The molecule has 2 aromatic rings. The fraction of sp³-hybridized carbons (Fsp3) is 0.519. The Morgan fingerprint density at radius 1 is 0.919 bits per heavy atom. The van der Waals surface area contributed by atoms with Gasteiger partial charge in [0.2, 0.25) is 11.5 Å². The van der Waals surface area contributed by atoms with Gasteiger partial charge >= 0.3 is 11.8 Å². The minimum Gasteiger partial charge on any atom is -0.487 e. The molecule has 3 rings (SSSR count). The Labute approximate surface area is 220 Å². The summed E-state index contributed by atoms with van der Waals surface area (Å²) >= 11 is 0. The summed E-state index contributed by atoms with van der Waals surface area (Å²) in [6.45, 7) is 11.8. The second kappa shape index (κ2) is 14.0. The predicted octanol–water partition coefficient (Wildman–Crippen LogP) is 5.43. The van der Waals surface area contributed by atoms with Crippen LogP contribution in [0, 0.1) is 10.1 Å². The van der Waals surface area contributed by atoms with Crippen LogP contribution >= 0.6 is 0 Å². The molecule has 0 N–H and O–H groups in total. The van der Waals surface area contributed by atoms with Crippen molar-refractivity contribution in [2.45, 2.75) is 45.1 Å². The van der Waals surface area contributed by atoms with Gasteiger partial charge in [0.1, 0.15) is 6.61 Å². The molecule has 0 bridgehead atoms. The van der Waals surface area contributed by atoms with Crippen molar-refractivity contribution in [2.75, 3.05) is 45.9 Å². The van der Waals surface area contributed by atoms with Gasteiger partial charge in [-0.05, 0) is 43.1 Å². The SMILES string of the molecule is C[Si](C)(C)CCOC(=O)N1CCN(CCCCOc2cccc(OCc3ccccc3)c2[N+](=O)[O-])CC1. The van der Waals surface area contributed by atoms with E-state index in [1.54, 1.807) is 23.1 Å². The Kier molecular flexibility index (Phi) is 10.8. The molecule has 1 heterocycles. The first-order valence-electron chi connectivity index (χ1n) is 12.9. The number of nitrogens with zero attached hydrogens (tertiary/aromatic N) is 3. The number of para-hydroxylation sites is 1. The van der Waals surface area contributed by atoms with E-state index in [1.165, 1.54) is 0 Å². The number of amides is 1. The van der Waals surface area contributed by atoms with E-state index in [0.717, 1.165) is 44.1 Å². The van der Waals surface area contributed by atoms with Gasteiger partial charge < -0.3 is 19.1 Å². The summed E-state index contributed by atoms with van der Waals surface area (Å²) in [5.41, 5.74) is 0.786. The first-order chi connectivity index (χ1) is 17.7. The molecule has 37 heavy (non-hydrogen) atoms. The van der Waals surface area contributed by atoms with Gasteiger partial charge in [-0.2, -0.15) is 0 Å². The number of carbonyl (C=O) groups excluding carboxylic acids is 1. The van der Waals surface area contributed by atoms with E-state index in [2.05, 4.69) is 24.5 Å². The summed E-state index contributed by atoms with van der Waals surface area (Å²) < 4.78 is 17.0. The number of nitro groups is 1. The van der Waals surface area contributed by atoms with Crippen LogP contribution in [0.5, 0.6) is 11.5 Å². The van der Waals surface area contributed by atoms with E-state index in [4.69, 9.17) is 14.2 Å². The molecule has 0 radical (unpaired) electrons. The lowest BCUT2D eigenvalue weighted by atomic mass is 10.2. The van der Waals surface area contributed by atoms with Crippen molar-refractivity contribution in [2.24, 2.45) is 0 Å². The summed E-state index contributed by atoms with van der Waals surface area (Å²) in [5, 5.41) is 11.7. The van der Waals surface area contributed by atoms with E-state index in [-0.39, 0.29) is 29.9 Å². The standard InChI is InChI=1S/C27H39N3O6Si/c1-37(2,3)21-20-35-27(31)29-17-15-28(16-18-29)14-7-8-19-34-24-12-9-13-25(26(24)30(32)33)36-22-23-10-5-4-6-11-23/h4-6,9-13H,7-8,14-22H2,1-3H3. The van der Waals surface area contributed by atoms with Gasteiger partial charge in [-0.15, -0.1) is 0 Å². The molecule has 9 nitrogen and oxygen atoms in total. The van der Waals surface area contributed by atoms with E-state index in [9.17, 15) is 14.9 Å². The molecule has 1 aliphatic rings. The highest BCUT2D eigenvalue weighted by molar-refractivity contribution is 6.76. The number of ether oxygens (including phenoxy) is 3. The zero-order chi connectivity index (χ0) is 26.7. The van der Waals surface area contributed by atoms with Crippen LogP contribution in [0.25, 0.3) is 0 Å². The Morgan fingerprint density at radius 3 is 2.24 bits per heavy atom. The van der Waals surface area contributed by atoms with Gasteiger partial charge in [0, 0.05) is 34.3 Å². The molecule has 10 heteroatoms. The van der Waals surface area contributed by atoms with Crippen LogP contribution in [0.15, 0.2) is 48.5 Å². The van der Waals surface area contributed by atoms with Crippen LogP contribution in [-0.2, 0) is 11.3 Å². The highest BCUT2D eigenvalue weighted by Crippen LogP contribution is 2.37. The van der Waals surface area contributed by atoms with Gasteiger partial charge in [-0.1, -0.05) is 56.0 Å². The molecule has 0 aromatic heterocycles. The summed E-state index contributed by atoms with van der Waals surface area (Å²) in [6.07, 6.45) is 1.46. The number of rotatable bonds is 13. The summed E-state index contributed by atoms with van der Waals surface area (Å²) in [7, 11) is -1.21. The number of benzene rings is 2. The van der Waals surface area contributed by atoms with Crippen molar-refractivity contribution in [1.29, 1.82) is 0 Å². The number of hydrogen-bond acceptors (Lipinski definition) is 7. The number of carbonyl (C=O) groups is 1. The van der Waals surface area contributed by atoms with Crippen LogP contribution in [-0.4, -0.2) is 74.8 Å². The molecule has 0 atom stereocenters. The third-order valence-corrected chi connectivity index (χ3v) is 7.92. The first kappa shape index (κ1) is 28.5. The third kappa shape index (κ3) is 9.69. The van der Waals surface area contributed by atoms with Crippen molar-refractivity contribution in [3.8, 4) is 11.5 Å². The van der Waals surface area contributed by atoms with E-state index >= 15 is 0 Å². The molecule has 0 aliphatic carbocycles. The van der Waals surface area contributed by atoms with Crippen molar-refractivity contribution in [1.82, 2.24) is 9.80 Å². The largest absolute Gasteiger partial charge is 0.487 e. The van der Waals surface area contributed by atoms with Crippen molar-refractivity contribution < 1.29 is 23.9 Å². The minimum atomic E-state index is -1.21. The molecule has 202 valence electrons. The van der Waals surface area contributed by atoms with Crippen LogP contribution in [0.4, 0.5) is 10.5 Å². The van der Waals surface area contributed by atoms with E-state index < -0.39 is 13.0 Å². The summed E-state index contributed by atoms with van der Waals surface area (Å²) in [5.74, 6) is 0.417. The van der Waals surface area contributed by atoms with Gasteiger partial charge in [0.15, 0.2) is 0 Å². The number of hydrogen-bond donors (Lipinski definition) is 0.